The lowest BCUT2D eigenvalue weighted by Crippen LogP contribution is -1.97. The first kappa shape index (κ1) is 14.1. The van der Waals surface area contributed by atoms with Crippen LogP contribution in [0.3, 0.4) is 0 Å². The number of nitro benzene ring substituents is 1. The van der Waals surface area contributed by atoms with Gasteiger partial charge in [0.1, 0.15) is 5.75 Å². The second kappa shape index (κ2) is 5.49. The minimum Gasteiger partial charge on any atom is -0.495 e. The van der Waals surface area contributed by atoms with Gasteiger partial charge in [-0.1, -0.05) is 11.6 Å². The summed E-state index contributed by atoms with van der Waals surface area (Å²) in [6, 6.07) is 7.90. The molecule has 112 valence electrons. The van der Waals surface area contributed by atoms with Gasteiger partial charge in [0.25, 0.3) is 0 Å². The Bertz CT molecular complexity index is 864. The molecule has 0 unspecified atom stereocenters. The summed E-state index contributed by atoms with van der Waals surface area (Å²) in [4.78, 5) is 10.4. The van der Waals surface area contributed by atoms with E-state index in [-0.39, 0.29) is 16.7 Å². The van der Waals surface area contributed by atoms with E-state index in [4.69, 9.17) is 16.3 Å². The van der Waals surface area contributed by atoms with E-state index >= 15 is 0 Å². The van der Waals surface area contributed by atoms with E-state index in [2.05, 4.69) is 20.3 Å². The predicted octanol–water partition coefficient (Wildman–Crippen LogP) is 3.54. The number of halogens is 1. The standard InChI is InChI=1S/C13H9ClN4O4/c1-21-11-5-2-7(14)6-9(11)15-8-3-4-10(18(19)20)13-12(8)16-22-17-13/h2-6,15H,1H3. The first-order valence-electron chi connectivity index (χ1n) is 6.10. The Kier molecular flexibility index (Phi) is 3.51. The lowest BCUT2D eigenvalue weighted by atomic mass is 10.2. The normalized spacial score (nSPS) is 10.6. The van der Waals surface area contributed by atoms with Gasteiger partial charge in [-0.15, -0.1) is 0 Å². The molecule has 0 saturated heterocycles. The van der Waals surface area contributed by atoms with Gasteiger partial charge in [-0.2, -0.15) is 0 Å². The molecule has 9 heteroatoms. The largest absolute Gasteiger partial charge is 0.495 e. The quantitative estimate of drug-likeness (QED) is 0.579. The number of aromatic nitrogens is 2. The van der Waals surface area contributed by atoms with Crippen molar-refractivity contribution in [3.05, 3.63) is 45.5 Å². The fraction of sp³-hybridized carbons (Fsp3) is 0.0769. The highest BCUT2D eigenvalue weighted by Gasteiger charge is 2.20. The van der Waals surface area contributed by atoms with Gasteiger partial charge in [0.2, 0.25) is 5.52 Å². The Hall–Kier alpha value is -2.87. The summed E-state index contributed by atoms with van der Waals surface area (Å²) < 4.78 is 9.85. The minimum absolute atomic E-state index is 0.0657. The predicted molar refractivity (Wildman–Crippen MR) is 79.7 cm³/mol. The molecule has 0 saturated carbocycles. The molecule has 0 aliphatic carbocycles. The third-order valence-corrected chi connectivity index (χ3v) is 3.26. The van der Waals surface area contributed by atoms with E-state index in [9.17, 15) is 10.1 Å². The summed E-state index contributed by atoms with van der Waals surface area (Å²) in [7, 11) is 1.53. The van der Waals surface area contributed by atoms with E-state index in [1.807, 2.05) is 0 Å². The smallest absolute Gasteiger partial charge is 0.300 e. The van der Waals surface area contributed by atoms with E-state index in [0.717, 1.165) is 0 Å². The number of nitro groups is 1. The highest BCUT2D eigenvalue weighted by atomic mass is 35.5. The zero-order chi connectivity index (χ0) is 15.7. The Morgan fingerprint density at radius 3 is 2.73 bits per heavy atom. The Labute approximate surface area is 128 Å². The zero-order valence-corrected chi connectivity index (χ0v) is 12.0. The summed E-state index contributed by atoms with van der Waals surface area (Å²) in [5, 5.41) is 21.8. The molecule has 0 amide bonds. The van der Waals surface area contributed by atoms with Crippen molar-refractivity contribution in [3.63, 3.8) is 0 Å². The summed E-state index contributed by atoms with van der Waals surface area (Å²) in [6.07, 6.45) is 0. The number of nitrogens with zero attached hydrogens (tertiary/aromatic N) is 3. The van der Waals surface area contributed by atoms with Crippen molar-refractivity contribution in [1.29, 1.82) is 0 Å². The second-order valence-electron chi connectivity index (χ2n) is 4.32. The molecule has 3 aromatic rings. The van der Waals surface area contributed by atoms with Crippen molar-refractivity contribution in [1.82, 2.24) is 10.3 Å². The van der Waals surface area contributed by atoms with Crippen LogP contribution < -0.4 is 10.1 Å². The topological polar surface area (TPSA) is 103 Å². The number of rotatable bonds is 4. The van der Waals surface area contributed by atoms with Crippen molar-refractivity contribution in [2.24, 2.45) is 0 Å². The maximum atomic E-state index is 11.0. The third kappa shape index (κ3) is 2.40. The Morgan fingerprint density at radius 1 is 1.23 bits per heavy atom. The number of non-ortho nitro benzene ring substituents is 1. The van der Waals surface area contributed by atoms with Crippen LogP contribution in [-0.4, -0.2) is 22.3 Å². The molecule has 0 aliphatic rings. The van der Waals surface area contributed by atoms with Gasteiger partial charge in [0, 0.05) is 11.1 Å². The van der Waals surface area contributed by atoms with Crippen LogP contribution in [0, 0.1) is 10.1 Å². The average molecular weight is 321 g/mol. The molecule has 3 rings (SSSR count). The van der Waals surface area contributed by atoms with E-state index in [0.29, 0.717) is 22.1 Å². The van der Waals surface area contributed by atoms with Gasteiger partial charge >= 0.3 is 5.69 Å². The fourth-order valence-electron chi connectivity index (χ4n) is 2.02. The first-order chi connectivity index (χ1) is 10.6. The lowest BCUT2D eigenvalue weighted by Gasteiger charge is -2.11. The maximum absolute atomic E-state index is 11.0. The molecule has 0 atom stereocenters. The van der Waals surface area contributed by atoms with Crippen molar-refractivity contribution in [2.45, 2.75) is 0 Å². The summed E-state index contributed by atoms with van der Waals surface area (Å²) in [6.45, 7) is 0. The maximum Gasteiger partial charge on any atom is 0.300 e. The van der Waals surface area contributed by atoms with Crippen LogP contribution in [0.15, 0.2) is 35.0 Å². The molecule has 0 fully saturated rings. The van der Waals surface area contributed by atoms with Gasteiger partial charge in [-0.05, 0) is 34.6 Å². The number of hydrogen-bond acceptors (Lipinski definition) is 7. The molecule has 0 spiro atoms. The van der Waals surface area contributed by atoms with Crippen molar-refractivity contribution in [2.75, 3.05) is 12.4 Å². The Balaban J connectivity index is 2.09. The van der Waals surface area contributed by atoms with Crippen LogP contribution in [-0.2, 0) is 0 Å². The van der Waals surface area contributed by atoms with Crippen molar-refractivity contribution >= 4 is 39.7 Å². The van der Waals surface area contributed by atoms with E-state index in [1.54, 1.807) is 18.2 Å². The van der Waals surface area contributed by atoms with Gasteiger partial charge in [0.15, 0.2) is 5.52 Å². The number of anilines is 2. The van der Waals surface area contributed by atoms with E-state index < -0.39 is 4.92 Å². The molecule has 1 aromatic heterocycles. The molecule has 2 aromatic carbocycles. The first-order valence-corrected chi connectivity index (χ1v) is 6.48. The molecular formula is C13H9ClN4O4. The molecule has 8 nitrogen and oxygen atoms in total. The monoisotopic (exact) mass is 320 g/mol. The number of ether oxygens (including phenoxy) is 1. The number of nitrogens with one attached hydrogen (secondary N) is 1. The molecule has 0 bridgehead atoms. The van der Waals surface area contributed by atoms with Crippen LogP contribution in [0.5, 0.6) is 5.75 Å². The molecule has 22 heavy (non-hydrogen) atoms. The van der Waals surface area contributed by atoms with Crippen LogP contribution in [0.25, 0.3) is 11.0 Å². The van der Waals surface area contributed by atoms with Gasteiger partial charge in [-0.25, -0.2) is 4.63 Å². The number of hydrogen-bond donors (Lipinski definition) is 1. The molecular weight excluding hydrogens is 312 g/mol. The Morgan fingerprint density at radius 2 is 2.00 bits per heavy atom. The van der Waals surface area contributed by atoms with Crippen molar-refractivity contribution < 1.29 is 14.3 Å². The van der Waals surface area contributed by atoms with Gasteiger partial charge < -0.3 is 10.1 Å². The van der Waals surface area contributed by atoms with Crippen molar-refractivity contribution in [3.8, 4) is 5.75 Å². The fourth-order valence-corrected chi connectivity index (χ4v) is 2.20. The molecule has 0 radical (unpaired) electrons. The van der Waals surface area contributed by atoms with E-state index in [1.165, 1.54) is 19.2 Å². The van der Waals surface area contributed by atoms with Crippen LogP contribution in [0.1, 0.15) is 0 Å². The summed E-state index contributed by atoms with van der Waals surface area (Å²) >= 11 is 5.97. The summed E-state index contributed by atoms with van der Waals surface area (Å²) in [5.41, 5.74) is 1.21. The second-order valence-corrected chi connectivity index (χ2v) is 4.76. The average Bonchev–Trinajstić information content (AvgIpc) is 2.97. The lowest BCUT2D eigenvalue weighted by molar-refractivity contribution is -0.383. The number of benzene rings is 2. The number of methoxy groups -OCH3 is 1. The summed E-state index contributed by atoms with van der Waals surface area (Å²) in [5.74, 6) is 0.562. The van der Waals surface area contributed by atoms with Crippen LogP contribution in [0.2, 0.25) is 5.02 Å². The van der Waals surface area contributed by atoms with Crippen LogP contribution in [0.4, 0.5) is 17.1 Å². The minimum atomic E-state index is -0.545. The zero-order valence-electron chi connectivity index (χ0n) is 11.2. The molecule has 0 aliphatic heterocycles. The SMILES string of the molecule is COc1ccc(Cl)cc1Nc1ccc([N+](=O)[O-])c2nonc12. The molecule has 1 N–H and O–H groups in total. The third-order valence-electron chi connectivity index (χ3n) is 3.02. The number of fused-ring (bicyclic) bond motifs is 1. The van der Waals surface area contributed by atoms with Crippen LogP contribution >= 0.6 is 11.6 Å². The van der Waals surface area contributed by atoms with Gasteiger partial charge in [0.05, 0.1) is 23.4 Å². The highest BCUT2D eigenvalue weighted by Crippen LogP contribution is 2.34. The highest BCUT2D eigenvalue weighted by molar-refractivity contribution is 6.31. The molecule has 1 heterocycles. The van der Waals surface area contributed by atoms with Gasteiger partial charge in [-0.3, -0.25) is 10.1 Å².